The Labute approximate surface area is 85.5 Å². The summed E-state index contributed by atoms with van der Waals surface area (Å²) in [6.07, 6.45) is 0.251. The topological polar surface area (TPSA) is 112 Å². The highest BCUT2D eigenvalue weighted by atomic mass is 16.4. The summed E-state index contributed by atoms with van der Waals surface area (Å²) in [5, 5.41) is 26.3. The fourth-order valence-electron chi connectivity index (χ4n) is 1.96. The van der Waals surface area contributed by atoms with Crippen molar-refractivity contribution in [3.63, 3.8) is 0 Å². The van der Waals surface area contributed by atoms with Crippen molar-refractivity contribution >= 4 is 17.9 Å². The average Bonchev–Trinajstić information content (AvgIpc) is 2.16. The monoisotopic (exact) mass is 216 g/mol. The Kier molecular flexibility index (Phi) is 3.28. The van der Waals surface area contributed by atoms with Crippen molar-refractivity contribution in [1.29, 1.82) is 0 Å². The van der Waals surface area contributed by atoms with E-state index in [1.165, 1.54) is 0 Å². The molecule has 0 bridgehead atoms. The fourth-order valence-corrected chi connectivity index (χ4v) is 1.96. The molecule has 0 aromatic heterocycles. The molecule has 0 aromatic carbocycles. The molecule has 0 aliphatic heterocycles. The van der Waals surface area contributed by atoms with Crippen LogP contribution in [-0.4, -0.2) is 33.2 Å². The first-order chi connectivity index (χ1) is 6.93. The number of carbonyl (C=O) groups is 3. The van der Waals surface area contributed by atoms with Gasteiger partial charge in [-0.25, -0.2) is 0 Å². The number of aliphatic carboxylic acids is 3. The molecular formula is C9H12O6. The van der Waals surface area contributed by atoms with Gasteiger partial charge >= 0.3 is 17.9 Å². The van der Waals surface area contributed by atoms with Crippen LogP contribution in [0.1, 0.15) is 19.3 Å². The van der Waals surface area contributed by atoms with E-state index >= 15 is 0 Å². The van der Waals surface area contributed by atoms with Crippen LogP contribution in [0, 0.1) is 17.8 Å². The van der Waals surface area contributed by atoms with Crippen molar-refractivity contribution in [2.24, 2.45) is 17.8 Å². The molecule has 0 heterocycles. The van der Waals surface area contributed by atoms with Crippen LogP contribution >= 0.6 is 0 Å². The minimum absolute atomic E-state index is 0.0956. The zero-order chi connectivity index (χ0) is 11.6. The van der Waals surface area contributed by atoms with Gasteiger partial charge in [0.25, 0.3) is 0 Å². The third kappa shape index (κ3) is 2.45. The molecule has 1 rings (SSSR count). The molecule has 1 saturated carbocycles. The van der Waals surface area contributed by atoms with Crippen molar-refractivity contribution in [1.82, 2.24) is 0 Å². The fraction of sp³-hybridized carbons (Fsp3) is 0.667. The summed E-state index contributed by atoms with van der Waals surface area (Å²) in [5.41, 5.74) is 0. The van der Waals surface area contributed by atoms with Gasteiger partial charge in [0, 0.05) is 0 Å². The third-order valence-electron chi connectivity index (χ3n) is 2.83. The lowest BCUT2D eigenvalue weighted by Gasteiger charge is -2.29. The molecule has 3 atom stereocenters. The van der Waals surface area contributed by atoms with Gasteiger partial charge in [0.15, 0.2) is 0 Å². The third-order valence-corrected chi connectivity index (χ3v) is 2.83. The largest absolute Gasteiger partial charge is 0.481 e. The van der Waals surface area contributed by atoms with Crippen LogP contribution in [0.2, 0.25) is 0 Å². The summed E-state index contributed by atoms with van der Waals surface area (Å²) < 4.78 is 0. The Morgan fingerprint density at radius 2 is 1.33 bits per heavy atom. The van der Waals surface area contributed by atoms with E-state index in [0.717, 1.165) is 0 Å². The maximum atomic E-state index is 10.8. The lowest BCUT2D eigenvalue weighted by Crippen LogP contribution is -2.37. The van der Waals surface area contributed by atoms with Crippen molar-refractivity contribution in [3.05, 3.63) is 0 Å². The minimum atomic E-state index is -1.23. The highest BCUT2D eigenvalue weighted by Gasteiger charge is 2.41. The predicted molar refractivity (Wildman–Crippen MR) is 47.2 cm³/mol. The molecule has 6 heteroatoms. The summed E-state index contributed by atoms with van der Waals surface area (Å²) in [6, 6.07) is 0. The van der Waals surface area contributed by atoms with Crippen molar-refractivity contribution < 1.29 is 29.7 Å². The summed E-state index contributed by atoms with van der Waals surface area (Å²) >= 11 is 0. The summed E-state index contributed by atoms with van der Waals surface area (Å²) in [5.74, 6) is -6.22. The van der Waals surface area contributed by atoms with Gasteiger partial charge in [-0.2, -0.15) is 0 Å². The van der Waals surface area contributed by atoms with E-state index in [9.17, 15) is 14.4 Å². The maximum absolute atomic E-state index is 10.8. The Morgan fingerprint density at radius 3 is 1.73 bits per heavy atom. The van der Waals surface area contributed by atoms with Crippen molar-refractivity contribution in [3.8, 4) is 0 Å². The molecule has 0 unspecified atom stereocenters. The zero-order valence-corrected chi connectivity index (χ0v) is 7.92. The molecule has 0 spiro atoms. The van der Waals surface area contributed by atoms with Crippen LogP contribution in [0.4, 0.5) is 0 Å². The summed E-state index contributed by atoms with van der Waals surface area (Å²) in [7, 11) is 0. The summed E-state index contributed by atoms with van der Waals surface area (Å²) in [4.78, 5) is 32.2. The molecule has 0 saturated heterocycles. The van der Waals surface area contributed by atoms with E-state index < -0.39 is 35.7 Å². The number of hydrogen-bond acceptors (Lipinski definition) is 3. The molecule has 1 aliphatic rings. The van der Waals surface area contributed by atoms with Gasteiger partial charge in [-0.05, 0) is 19.3 Å². The molecule has 1 fully saturated rings. The second-order valence-corrected chi connectivity index (χ2v) is 3.74. The molecule has 1 aliphatic carbocycles. The van der Waals surface area contributed by atoms with E-state index in [1.807, 2.05) is 0 Å². The highest BCUT2D eigenvalue weighted by Crippen LogP contribution is 2.34. The van der Waals surface area contributed by atoms with Crippen LogP contribution in [0.15, 0.2) is 0 Å². The molecule has 15 heavy (non-hydrogen) atoms. The van der Waals surface area contributed by atoms with Gasteiger partial charge < -0.3 is 15.3 Å². The Morgan fingerprint density at radius 1 is 0.800 bits per heavy atom. The predicted octanol–water partition coefficient (Wildman–Crippen LogP) is 0.273. The van der Waals surface area contributed by atoms with Gasteiger partial charge in [0.1, 0.15) is 0 Å². The standard InChI is InChI=1S/C9H12O6/c10-7(11)4-1-2-5(8(12)13)6(3-4)9(14)15/h4-6H,1-3H2,(H,10,11)(H,12,13)(H,14,15)/t4-,5-,6+/m1/s1. The number of rotatable bonds is 3. The minimum Gasteiger partial charge on any atom is -0.481 e. The second kappa shape index (κ2) is 4.29. The zero-order valence-electron chi connectivity index (χ0n) is 7.92. The van der Waals surface area contributed by atoms with Crippen molar-refractivity contribution in [2.45, 2.75) is 19.3 Å². The van der Waals surface area contributed by atoms with Crippen molar-refractivity contribution in [2.75, 3.05) is 0 Å². The van der Waals surface area contributed by atoms with Crippen LogP contribution in [0.5, 0.6) is 0 Å². The lowest BCUT2D eigenvalue weighted by atomic mass is 9.74. The van der Waals surface area contributed by atoms with Crippen LogP contribution in [0.3, 0.4) is 0 Å². The molecule has 0 aromatic rings. The van der Waals surface area contributed by atoms with Gasteiger partial charge in [0.2, 0.25) is 0 Å². The van der Waals surface area contributed by atoms with E-state index in [1.54, 1.807) is 0 Å². The quantitative estimate of drug-likeness (QED) is 0.624. The second-order valence-electron chi connectivity index (χ2n) is 3.74. The average molecular weight is 216 g/mol. The first kappa shape index (κ1) is 11.5. The van der Waals surface area contributed by atoms with E-state index in [-0.39, 0.29) is 19.3 Å². The summed E-state index contributed by atoms with van der Waals surface area (Å²) in [6.45, 7) is 0. The first-order valence-electron chi connectivity index (χ1n) is 4.62. The smallest absolute Gasteiger partial charge is 0.307 e. The first-order valence-corrected chi connectivity index (χ1v) is 4.62. The SMILES string of the molecule is O=C(O)[C@@H]1CC[C@@H](C(=O)O)[C@@H](C(=O)O)C1. The van der Waals surface area contributed by atoms with Crippen LogP contribution in [0.25, 0.3) is 0 Å². The van der Waals surface area contributed by atoms with E-state index in [0.29, 0.717) is 0 Å². The van der Waals surface area contributed by atoms with E-state index in [2.05, 4.69) is 0 Å². The highest BCUT2D eigenvalue weighted by molar-refractivity contribution is 5.81. The normalized spacial score (nSPS) is 30.8. The van der Waals surface area contributed by atoms with Gasteiger partial charge in [-0.1, -0.05) is 0 Å². The maximum Gasteiger partial charge on any atom is 0.307 e. The molecule has 0 radical (unpaired) electrons. The number of hydrogen-bond donors (Lipinski definition) is 3. The Bertz CT molecular complexity index is 297. The molecular weight excluding hydrogens is 204 g/mol. The molecule has 84 valence electrons. The van der Waals surface area contributed by atoms with Crippen LogP contribution in [-0.2, 0) is 14.4 Å². The Balaban J connectivity index is 2.78. The number of carboxylic acid groups (broad SMARTS) is 3. The Hall–Kier alpha value is -1.59. The molecule has 3 N–H and O–H groups in total. The van der Waals surface area contributed by atoms with E-state index in [4.69, 9.17) is 15.3 Å². The van der Waals surface area contributed by atoms with Crippen LogP contribution < -0.4 is 0 Å². The van der Waals surface area contributed by atoms with Gasteiger partial charge in [0.05, 0.1) is 17.8 Å². The lowest BCUT2D eigenvalue weighted by molar-refractivity contribution is -0.159. The van der Waals surface area contributed by atoms with Gasteiger partial charge in [-0.3, -0.25) is 14.4 Å². The van der Waals surface area contributed by atoms with Gasteiger partial charge in [-0.15, -0.1) is 0 Å². The molecule has 6 nitrogen and oxygen atoms in total. The number of carboxylic acids is 3. The molecule has 0 amide bonds.